The summed E-state index contributed by atoms with van der Waals surface area (Å²) in [4.78, 5) is 0. The molecule has 2 aromatic rings. The summed E-state index contributed by atoms with van der Waals surface area (Å²) in [5.74, 6) is -0.108. The first-order chi connectivity index (χ1) is 8.61. The maximum atomic E-state index is 13.5. The van der Waals surface area contributed by atoms with E-state index in [0.29, 0.717) is 26.9 Å². The summed E-state index contributed by atoms with van der Waals surface area (Å²) in [7, 11) is 0. The van der Waals surface area contributed by atoms with E-state index in [4.69, 9.17) is 4.74 Å². The Bertz CT molecular complexity index is 573. The first kappa shape index (κ1) is 13.5. The molecule has 2 rings (SSSR count). The standard InChI is InChI=1S/C13H8Br2F2O/c14-7-9-11(17)2-1-3-12(9)18-13-6-8(16)4-5-10(13)15/h1-6H,7H2. The van der Waals surface area contributed by atoms with Gasteiger partial charge in [-0.15, -0.1) is 0 Å². The van der Waals surface area contributed by atoms with Crippen molar-refractivity contribution in [1.82, 2.24) is 0 Å². The van der Waals surface area contributed by atoms with Crippen LogP contribution in [0.25, 0.3) is 0 Å². The van der Waals surface area contributed by atoms with Gasteiger partial charge in [-0.2, -0.15) is 0 Å². The van der Waals surface area contributed by atoms with Crippen LogP contribution in [0, 0.1) is 11.6 Å². The van der Waals surface area contributed by atoms with Crippen LogP contribution in [0.5, 0.6) is 11.5 Å². The van der Waals surface area contributed by atoms with Crippen LogP contribution in [0.1, 0.15) is 5.56 Å². The van der Waals surface area contributed by atoms with E-state index in [0.717, 1.165) is 0 Å². The molecule has 0 N–H and O–H groups in total. The Balaban J connectivity index is 2.40. The number of hydrogen-bond donors (Lipinski definition) is 0. The molecule has 0 heterocycles. The molecule has 1 nitrogen and oxygen atoms in total. The molecule has 0 saturated carbocycles. The van der Waals surface area contributed by atoms with Gasteiger partial charge in [0.25, 0.3) is 0 Å². The average molecular weight is 378 g/mol. The summed E-state index contributed by atoms with van der Waals surface area (Å²) in [6, 6.07) is 8.63. The molecule has 0 saturated heterocycles. The van der Waals surface area contributed by atoms with E-state index in [-0.39, 0.29) is 5.82 Å². The SMILES string of the molecule is Fc1ccc(Br)c(Oc2cccc(F)c2CBr)c1. The highest BCUT2D eigenvalue weighted by molar-refractivity contribution is 9.10. The number of halogens is 4. The van der Waals surface area contributed by atoms with E-state index in [2.05, 4.69) is 31.9 Å². The molecule has 0 spiro atoms. The van der Waals surface area contributed by atoms with Crippen LogP contribution in [0.4, 0.5) is 8.78 Å². The monoisotopic (exact) mass is 376 g/mol. The predicted octanol–water partition coefficient (Wildman–Crippen LogP) is 5.41. The molecule has 0 unspecified atom stereocenters. The Hall–Kier alpha value is -0.940. The molecule has 0 aliphatic rings. The summed E-state index contributed by atoms with van der Waals surface area (Å²) in [6.45, 7) is 0. The van der Waals surface area contributed by atoms with E-state index >= 15 is 0 Å². The van der Waals surface area contributed by atoms with Gasteiger partial charge in [0.1, 0.15) is 23.1 Å². The van der Waals surface area contributed by atoms with Gasteiger partial charge < -0.3 is 4.74 Å². The molecule has 0 atom stereocenters. The van der Waals surface area contributed by atoms with E-state index in [9.17, 15) is 8.78 Å². The Morgan fingerprint density at radius 1 is 1.06 bits per heavy atom. The lowest BCUT2D eigenvalue weighted by Gasteiger charge is -2.11. The van der Waals surface area contributed by atoms with Gasteiger partial charge in [-0.1, -0.05) is 22.0 Å². The van der Waals surface area contributed by atoms with Crippen molar-refractivity contribution in [2.24, 2.45) is 0 Å². The molecule has 94 valence electrons. The van der Waals surface area contributed by atoms with Crippen molar-refractivity contribution in [3.63, 3.8) is 0 Å². The van der Waals surface area contributed by atoms with Crippen LogP contribution in [-0.2, 0) is 5.33 Å². The van der Waals surface area contributed by atoms with Gasteiger partial charge in [0, 0.05) is 17.0 Å². The number of ether oxygens (including phenoxy) is 1. The molecule has 0 bridgehead atoms. The smallest absolute Gasteiger partial charge is 0.144 e. The van der Waals surface area contributed by atoms with Crippen molar-refractivity contribution in [1.29, 1.82) is 0 Å². The molecular formula is C13H8Br2F2O. The molecule has 0 fully saturated rings. The van der Waals surface area contributed by atoms with Crippen molar-refractivity contribution >= 4 is 31.9 Å². The number of rotatable bonds is 3. The average Bonchev–Trinajstić information content (AvgIpc) is 2.34. The van der Waals surface area contributed by atoms with Crippen LogP contribution in [0.3, 0.4) is 0 Å². The zero-order valence-electron chi connectivity index (χ0n) is 9.09. The summed E-state index contributed by atoms with van der Waals surface area (Å²) in [5.41, 5.74) is 0.397. The molecule has 0 aliphatic carbocycles. The summed E-state index contributed by atoms with van der Waals surface area (Å²) >= 11 is 6.46. The minimum absolute atomic E-state index is 0.308. The molecule has 5 heteroatoms. The maximum Gasteiger partial charge on any atom is 0.144 e. The second-order valence-electron chi connectivity index (χ2n) is 3.53. The zero-order chi connectivity index (χ0) is 13.1. The number of benzene rings is 2. The highest BCUT2D eigenvalue weighted by atomic mass is 79.9. The van der Waals surface area contributed by atoms with E-state index in [1.807, 2.05) is 0 Å². The van der Waals surface area contributed by atoms with Gasteiger partial charge in [0.15, 0.2) is 0 Å². The lowest BCUT2D eigenvalue weighted by molar-refractivity contribution is 0.463. The van der Waals surface area contributed by atoms with Crippen LogP contribution >= 0.6 is 31.9 Å². The van der Waals surface area contributed by atoms with Crippen molar-refractivity contribution in [2.75, 3.05) is 0 Å². The minimum Gasteiger partial charge on any atom is -0.456 e. The largest absolute Gasteiger partial charge is 0.456 e. The van der Waals surface area contributed by atoms with E-state index in [1.54, 1.807) is 12.1 Å². The first-order valence-electron chi connectivity index (χ1n) is 5.08. The lowest BCUT2D eigenvalue weighted by atomic mass is 10.2. The highest BCUT2D eigenvalue weighted by Gasteiger charge is 2.11. The topological polar surface area (TPSA) is 9.23 Å². The van der Waals surface area contributed by atoms with Gasteiger partial charge in [-0.3, -0.25) is 0 Å². The molecule has 18 heavy (non-hydrogen) atoms. The molecule has 0 amide bonds. The first-order valence-corrected chi connectivity index (χ1v) is 6.99. The van der Waals surface area contributed by atoms with Gasteiger partial charge in [0.05, 0.1) is 4.47 Å². The summed E-state index contributed by atoms with van der Waals surface area (Å²) in [5, 5.41) is 0.321. The zero-order valence-corrected chi connectivity index (χ0v) is 12.3. The van der Waals surface area contributed by atoms with Crippen LogP contribution in [0.15, 0.2) is 40.9 Å². The van der Waals surface area contributed by atoms with Crippen molar-refractivity contribution in [3.05, 3.63) is 58.1 Å². The van der Waals surface area contributed by atoms with Crippen molar-refractivity contribution < 1.29 is 13.5 Å². The Kier molecular flexibility index (Phi) is 4.35. The van der Waals surface area contributed by atoms with Gasteiger partial charge in [-0.05, 0) is 40.2 Å². The third-order valence-electron chi connectivity index (χ3n) is 2.32. The Labute approximate surface area is 120 Å². The van der Waals surface area contributed by atoms with Crippen LogP contribution in [-0.4, -0.2) is 0 Å². The quantitative estimate of drug-likeness (QED) is 0.649. The highest BCUT2D eigenvalue weighted by Crippen LogP contribution is 2.33. The van der Waals surface area contributed by atoms with Crippen molar-refractivity contribution in [3.8, 4) is 11.5 Å². The molecule has 0 aromatic heterocycles. The summed E-state index contributed by atoms with van der Waals surface area (Å²) < 4.78 is 32.8. The second-order valence-corrected chi connectivity index (χ2v) is 4.94. The minimum atomic E-state index is -0.412. The lowest BCUT2D eigenvalue weighted by Crippen LogP contribution is -1.94. The fraction of sp³-hybridized carbons (Fsp3) is 0.0769. The maximum absolute atomic E-state index is 13.5. The van der Waals surface area contributed by atoms with Gasteiger partial charge in [-0.25, -0.2) is 8.78 Å². The normalized spacial score (nSPS) is 10.4. The van der Waals surface area contributed by atoms with Crippen LogP contribution in [0.2, 0.25) is 0 Å². The number of hydrogen-bond acceptors (Lipinski definition) is 1. The molecule has 0 radical (unpaired) electrons. The van der Waals surface area contributed by atoms with Crippen molar-refractivity contribution in [2.45, 2.75) is 5.33 Å². The van der Waals surface area contributed by atoms with E-state index < -0.39 is 5.82 Å². The fourth-order valence-corrected chi connectivity index (χ4v) is 2.31. The fourth-order valence-electron chi connectivity index (χ4n) is 1.44. The Morgan fingerprint density at radius 2 is 1.83 bits per heavy atom. The number of alkyl halides is 1. The van der Waals surface area contributed by atoms with Gasteiger partial charge >= 0.3 is 0 Å². The predicted molar refractivity (Wildman–Crippen MR) is 73.2 cm³/mol. The van der Waals surface area contributed by atoms with Gasteiger partial charge in [0.2, 0.25) is 0 Å². The van der Waals surface area contributed by atoms with Crippen LogP contribution < -0.4 is 4.74 Å². The Morgan fingerprint density at radius 3 is 2.56 bits per heavy atom. The third kappa shape index (κ3) is 2.90. The van der Waals surface area contributed by atoms with E-state index in [1.165, 1.54) is 24.3 Å². The summed E-state index contributed by atoms with van der Waals surface area (Å²) in [6.07, 6.45) is 0. The third-order valence-corrected chi connectivity index (χ3v) is 3.54. The molecule has 2 aromatic carbocycles. The second kappa shape index (κ2) is 5.80. The molecule has 0 aliphatic heterocycles. The molecular weight excluding hydrogens is 370 g/mol.